The molecular formula is C14H14N2O3S2. The largest absolute Gasteiger partial charge is 0.744 e. The lowest BCUT2D eigenvalue weighted by molar-refractivity contribution is -0.320. The number of hydrogen-bond acceptors (Lipinski definition) is 5. The van der Waals surface area contributed by atoms with Crippen molar-refractivity contribution in [1.82, 2.24) is 0 Å². The molecule has 0 radical (unpaired) electrons. The minimum Gasteiger partial charge on any atom is -0.744 e. The van der Waals surface area contributed by atoms with Gasteiger partial charge in [0.1, 0.15) is 15.6 Å². The van der Waals surface area contributed by atoms with Crippen LogP contribution in [0.3, 0.4) is 0 Å². The molecule has 3 rings (SSSR count). The van der Waals surface area contributed by atoms with Gasteiger partial charge in [0.05, 0.1) is 9.60 Å². The van der Waals surface area contributed by atoms with Crippen molar-refractivity contribution in [1.29, 1.82) is 0 Å². The van der Waals surface area contributed by atoms with Crippen LogP contribution in [0.2, 0.25) is 0 Å². The van der Waals surface area contributed by atoms with Gasteiger partial charge in [0.15, 0.2) is 0 Å². The molecule has 3 aromatic rings. The third-order valence-electron chi connectivity index (χ3n) is 2.67. The highest BCUT2D eigenvalue weighted by Gasteiger charge is 2.01. The molecule has 110 valence electrons. The normalized spacial score (nSPS) is 11.0. The first-order valence-corrected chi connectivity index (χ1v) is 8.27. The SMILES string of the molecule is Cc1ccc(S(=O)(=O)[O-])cc1.Nc1[nH+]c2ccccc2s1. The molecule has 0 saturated carbocycles. The second-order valence-corrected chi connectivity index (χ2v) is 6.82. The van der Waals surface area contributed by atoms with Gasteiger partial charge < -0.3 is 4.55 Å². The van der Waals surface area contributed by atoms with Crippen molar-refractivity contribution in [2.75, 3.05) is 5.73 Å². The van der Waals surface area contributed by atoms with Crippen LogP contribution in [-0.4, -0.2) is 13.0 Å². The van der Waals surface area contributed by atoms with Crippen LogP contribution in [0.15, 0.2) is 53.4 Å². The second-order valence-electron chi connectivity index (χ2n) is 4.35. The molecule has 21 heavy (non-hydrogen) atoms. The number of anilines is 1. The zero-order valence-electron chi connectivity index (χ0n) is 11.2. The van der Waals surface area contributed by atoms with Crippen LogP contribution >= 0.6 is 11.3 Å². The summed E-state index contributed by atoms with van der Waals surface area (Å²) in [5.74, 6) is 0. The Balaban J connectivity index is 0.000000154. The number of thiazole rings is 1. The summed E-state index contributed by atoms with van der Waals surface area (Å²) in [6.07, 6.45) is 0. The van der Waals surface area contributed by atoms with Crippen molar-refractivity contribution < 1.29 is 18.0 Å². The molecule has 7 heteroatoms. The van der Waals surface area contributed by atoms with Crippen molar-refractivity contribution >= 4 is 36.8 Å². The van der Waals surface area contributed by atoms with Crippen LogP contribution in [-0.2, 0) is 10.1 Å². The number of fused-ring (bicyclic) bond motifs is 1. The maximum Gasteiger partial charge on any atom is 0.330 e. The smallest absolute Gasteiger partial charge is 0.330 e. The molecule has 0 amide bonds. The molecule has 0 aliphatic carbocycles. The zero-order valence-corrected chi connectivity index (χ0v) is 12.9. The van der Waals surface area contributed by atoms with E-state index in [4.69, 9.17) is 5.73 Å². The number of aromatic amines is 1. The molecule has 2 aromatic carbocycles. The molecular weight excluding hydrogens is 308 g/mol. The number of aryl methyl sites for hydroxylation is 1. The molecule has 0 bridgehead atoms. The highest BCUT2D eigenvalue weighted by Crippen LogP contribution is 2.18. The van der Waals surface area contributed by atoms with Crippen LogP contribution in [0.4, 0.5) is 5.13 Å². The van der Waals surface area contributed by atoms with Crippen LogP contribution in [0, 0.1) is 6.92 Å². The molecule has 0 saturated heterocycles. The monoisotopic (exact) mass is 322 g/mol. The fourth-order valence-electron chi connectivity index (χ4n) is 1.64. The quantitative estimate of drug-likeness (QED) is 0.694. The Labute approximate surface area is 126 Å². The number of nitrogen functional groups attached to an aromatic ring is 1. The summed E-state index contributed by atoms with van der Waals surface area (Å²) in [4.78, 5) is 2.88. The highest BCUT2D eigenvalue weighted by atomic mass is 32.2. The van der Waals surface area contributed by atoms with Crippen LogP contribution in [0.1, 0.15) is 5.56 Å². The molecule has 0 spiro atoms. The van der Waals surface area contributed by atoms with E-state index < -0.39 is 10.1 Å². The van der Waals surface area contributed by atoms with Crippen LogP contribution in [0.5, 0.6) is 0 Å². The van der Waals surface area contributed by atoms with E-state index in [1.54, 1.807) is 23.5 Å². The number of hydrogen-bond donors (Lipinski definition) is 1. The summed E-state index contributed by atoms with van der Waals surface area (Å²) in [5.41, 5.74) is 7.60. The first-order chi connectivity index (χ1) is 9.86. The van der Waals surface area contributed by atoms with Gasteiger partial charge in [-0.1, -0.05) is 29.8 Å². The fourth-order valence-corrected chi connectivity index (χ4v) is 2.88. The lowest BCUT2D eigenvalue weighted by Crippen LogP contribution is -2.03. The van der Waals surface area contributed by atoms with Crippen LogP contribution < -0.4 is 10.7 Å². The number of nitrogens with one attached hydrogen (secondary N) is 1. The van der Waals surface area contributed by atoms with Gasteiger partial charge in [-0.3, -0.25) is 5.73 Å². The Bertz CT molecular complexity index is 807. The Hall–Kier alpha value is -1.96. The fraction of sp³-hybridized carbons (Fsp3) is 0.0714. The first kappa shape index (κ1) is 15.4. The Morgan fingerprint density at radius 1 is 1.10 bits per heavy atom. The van der Waals surface area contributed by atoms with Gasteiger partial charge in [0, 0.05) is 0 Å². The molecule has 0 aliphatic rings. The molecule has 0 fully saturated rings. The van der Waals surface area contributed by atoms with Gasteiger partial charge in [0.2, 0.25) is 0 Å². The van der Waals surface area contributed by atoms with E-state index in [1.165, 1.54) is 16.8 Å². The molecule has 0 unspecified atom stereocenters. The predicted octanol–water partition coefficient (Wildman–Crippen LogP) is 2.20. The van der Waals surface area contributed by atoms with Gasteiger partial charge in [-0.2, -0.15) is 0 Å². The standard InChI is InChI=1S/C7H6N2S.C7H8O3S/c8-7-9-5-3-1-2-4-6(5)10-7;1-6-2-4-7(5-3-6)11(8,9)10/h1-4H,(H2,8,9);2-5H,1H3,(H,8,9,10). The molecule has 1 heterocycles. The summed E-state index contributed by atoms with van der Waals surface area (Å²) < 4.78 is 32.4. The van der Waals surface area contributed by atoms with Crippen molar-refractivity contribution in [3.63, 3.8) is 0 Å². The third-order valence-corrected chi connectivity index (χ3v) is 4.42. The first-order valence-electron chi connectivity index (χ1n) is 6.05. The average Bonchev–Trinajstić information content (AvgIpc) is 2.79. The highest BCUT2D eigenvalue weighted by molar-refractivity contribution is 7.85. The van der Waals surface area contributed by atoms with Gasteiger partial charge in [0.25, 0.3) is 0 Å². The van der Waals surface area contributed by atoms with E-state index in [-0.39, 0.29) is 4.90 Å². The maximum atomic E-state index is 10.4. The summed E-state index contributed by atoms with van der Waals surface area (Å²) in [5, 5.41) is 0.765. The number of rotatable bonds is 1. The van der Waals surface area contributed by atoms with Crippen LogP contribution in [0.25, 0.3) is 10.2 Å². The predicted molar refractivity (Wildman–Crippen MR) is 81.9 cm³/mol. The van der Waals surface area contributed by atoms with Crippen molar-refractivity contribution in [3.8, 4) is 0 Å². The van der Waals surface area contributed by atoms with Gasteiger partial charge in [-0.15, -0.1) is 0 Å². The Kier molecular flexibility index (Phi) is 4.56. The third kappa shape index (κ3) is 4.25. The summed E-state index contributed by atoms with van der Waals surface area (Å²) in [6.45, 7) is 1.82. The number of benzene rings is 2. The molecule has 5 nitrogen and oxygen atoms in total. The van der Waals surface area contributed by atoms with E-state index in [2.05, 4.69) is 4.98 Å². The summed E-state index contributed by atoms with van der Waals surface area (Å²) in [7, 11) is -4.27. The van der Waals surface area contributed by atoms with Crippen molar-refractivity contribution in [3.05, 3.63) is 54.1 Å². The zero-order chi connectivity index (χ0) is 15.5. The maximum absolute atomic E-state index is 10.4. The number of nitrogens with two attached hydrogens (primary N) is 1. The minimum absolute atomic E-state index is 0.178. The minimum atomic E-state index is -4.27. The summed E-state index contributed by atoms with van der Waals surface area (Å²) >= 11 is 1.57. The number of H-pyrrole nitrogens is 1. The molecule has 0 atom stereocenters. The van der Waals surface area contributed by atoms with E-state index in [9.17, 15) is 13.0 Å². The lowest BCUT2D eigenvalue weighted by Gasteiger charge is -2.05. The molecule has 1 aromatic heterocycles. The Morgan fingerprint density at radius 3 is 2.29 bits per heavy atom. The average molecular weight is 322 g/mol. The Morgan fingerprint density at radius 2 is 1.71 bits per heavy atom. The molecule has 0 aliphatic heterocycles. The van der Waals surface area contributed by atoms with Crippen molar-refractivity contribution in [2.45, 2.75) is 11.8 Å². The van der Waals surface area contributed by atoms with E-state index >= 15 is 0 Å². The van der Waals surface area contributed by atoms with Gasteiger partial charge in [-0.05, 0) is 42.5 Å². The topological polar surface area (TPSA) is 97.4 Å². The van der Waals surface area contributed by atoms with Gasteiger partial charge >= 0.3 is 5.13 Å². The number of aromatic nitrogens is 1. The van der Waals surface area contributed by atoms with E-state index in [0.717, 1.165) is 16.2 Å². The second kappa shape index (κ2) is 6.21. The van der Waals surface area contributed by atoms with E-state index in [1.807, 2.05) is 31.2 Å². The molecule has 3 N–H and O–H groups in total. The van der Waals surface area contributed by atoms with Crippen molar-refractivity contribution in [2.24, 2.45) is 0 Å². The van der Waals surface area contributed by atoms with E-state index in [0.29, 0.717) is 0 Å². The summed E-state index contributed by atoms with van der Waals surface area (Å²) in [6, 6.07) is 13.8. The lowest BCUT2D eigenvalue weighted by atomic mass is 10.2. The van der Waals surface area contributed by atoms with Gasteiger partial charge in [-0.25, -0.2) is 13.4 Å². The number of para-hydroxylation sites is 1.